The lowest BCUT2D eigenvalue weighted by molar-refractivity contribution is 0.694. The number of hydrogen-bond acceptors (Lipinski definition) is 5. The molecule has 0 amide bonds. The molecule has 4 fully saturated rings. The van der Waals surface area contributed by atoms with Crippen LogP contribution in [0.3, 0.4) is 0 Å². The number of hydrogen-bond donors (Lipinski definition) is 1. The Hall–Kier alpha value is 1.75. The van der Waals surface area contributed by atoms with Crippen molar-refractivity contribution in [2.75, 3.05) is 0 Å². The quantitative estimate of drug-likeness (QED) is 0.657. The standard InChI is InChI=1S/C8H12S5/c1-6-3-5-10-7(2,12-6)4-8(9,11-5)13-6/h5,9H,3-4H2,1-2H3/t5-,6+,7-,8-/m0/s1. The fraction of sp³-hybridized carbons (Fsp3) is 1.00. The Morgan fingerprint density at radius 2 is 1.92 bits per heavy atom. The fourth-order valence-electron chi connectivity index (χ4n) is 2.40. The first-order valence-corrected chi connectivity index (χ1v) is 8.23. The van der Waals surface area contributed by atoms with Crippen LogP contribution in [0.4, 0.5) is 0 Å². The summed E-state index contributed by atoms with van der Waals surface area (Å²) in [7, 11) is 0. The molecule has 0 N–H and O–H groups in total. The molecule has 4 saturated heterocycles. The van der Waals surface area contributed by atoms with Crippen LogP contribution in [-0.2, 0) is 0 Å². The Bertz CT molecular complexity index is 214. The average Bonchev–Trinajstić information content (AvgIpc) is 1.71. The summed E-state index contributed by atoms with van der Waals surface area (Å²) in [4.78, 5) is 0. The normalized spacial score (nSPS) is 64.4. The molecule has 5 heteroatoms. The van der Waals surface area contributed by atoms with E-state index in [0.29, 0.717) is 8.16 Å². The molecule has 0 aromatic heterocycles. The summed E-state index contributed by atoms with van der Waals surface area (Å²) < 4.78 is 1.89. The second-order valence-corrected chi connectivity index (χ2v) is 13.7. The molecule has 4 aliphatic rings. The third-order valence-corrected chi connectivity index (χ3v) is 9.74. The van der Waals surface area contributed by atoms with E-state index in [0.717, 1.165) is 4.58 Å². The zero-order chi connectivity index (χ0) is 9.32. The molecule has 0 aliphatic carbocycles. The highest BCUT2D eigenvalue weighted by molar-refractivity contribution is 8.42. The Balaban J connectivity index is 2.03. The first-order valence-electron chi connectivity index (χ1n) is 4.39. The zero-order valence-corrected chi connectivity index (χ0v) is 11.7. The minimum absolute atomic E-state index is 0.211. The molecule has 74 valence electrons. The van der Waals surface area contributed by atoms with Crippen LogP contribution in [0.5, 0.6) is 0 Å². The summed E-state index contributed by atoms with van der Waals surface area (Å²) in [6.07, 6.45) is 2.58. The topological polar surface area (TPSA) is 0 Å². The van der Waals surface area contributed by atoms with Gasteiger partial charge < -0.3 is 0 Å². The highest BCUT2D eigenvalue weighted by Gasteiger charge is 2.61. The van der Waals surface area contributed by atoms with Gasteiger partial charge in [-0.15, -0.1) is 47.0 Å². The molecule has 0 aromatic rings. The minimum Gasteiger partial charge on any atom is -0.151 e. The molecule has 0 aromatic carbocycles. The van der Waals surface area contributed by atoms with Gasteiger partial charge in [0.25, 0.3) is 0 Å². The smallest absolute Gasteiger partial charge is 0.108 e. The molecule has 0 unspecified atom stereocenters. The SMILES string of the molecule is C[C@@]12C[C@]3(S)S[C@@H](C[C@](C)(S1)S3)S2. The lowest BCUT2D eigenvalue weighted by atomic mass is 10.3. The predicted octanol–water partition coefficient (Wildman–Crippen LogP) is 4.08. The van der Waals surface area contributed by atoms with Gasteiger partial charge >= 0.3 is 0 Å². The minimum atomic E-state index is 0.211. The van der Waals surface area contributed by atoms with Crippen LogP contribution in [0, 0.1) is 0 Å². The van der Waals surface area contributed by atoms with E-state index in [2.05, 4.69) is 60.9 Å². The van der Waals surface area contributed by atoms with Crippen molar-refractivity contribution < 1.29 is 0 Å². The Morgan fingerprint density at radius 1 is 1.15 bits per heavy atom. The molecule has 4 aliphatic heterocycles. The van der Waals surface area contributed by atoms with E-state index in [1.807, 2.05) is 0 Å². The van der Waals surface area contributed by atoms with Crippen LogP contribution in [-0.4, -0.2) is 16.2 Å². The van der Waals surface area contributed by atoms with E-state index in [1.54, 1.807) is 0 Å². The first-order chi connectivity index (χ1) is 5.91. The third kappa shape index (κ3) is 1.57. The Kier molecular flexibility index (Phi) is 2.07. The van der Waals surface area contributed by atoms with Gasteiger partial charge in [-0.2, -0.15) is 12.6 Å². The Morgan fingerprint density at radius 3 is 2.46 bits per heavy atom. The van der Waals surface area contributed by atoms with Crippen molar-refractivity contribution in [2.45, 2.75) is 42.8 Å². The van der Waals surface area contributed by atoms with Crippen LogP contribution in [0.25, 0.3) is 0 Å². The largest absolute Gasteiger partial charge is 0.151 e. The molecular weight excluding hydrogens is 256 g/mol. The van der Waals surface area contributed by atoms with E-state index in [1.165, 1.54) is 12.8 Å². The van der Waals surface area contributed by atoms with Crippen molar-refractivity contribution in [2.24, 2.45) is 0 Å². The maximum Gasteiger partial charge on any atom is 0.108 e. The van der Waals surface area contributed by atoms with Crippen LogP contribution < -0.4 is 0 Å². The van der Waals surface area contributed by atoms with Crippen molar-refractivity contribution >= 4 is 59.7 Å². The molecule has 0 radical (unpaired) electrons. The van der Waals surface area contributed by atoms with E-state index in [9.17, 15) is 0 Å². The van der Waals surface area contributed by atoms with Crippen LogP contribution in [0.15, 0.2) is 0 Å². The summed E-state index contributed by atoms with van der Waals surface area (Å²) >= 11 is 13.4. The highest BCUT2D eigenvalue weighted by atomic mass is 32.3. The van der Waals surface area contributed by atoms with Gasteiger partial charge in [-0.3, -0.25) is 0 Å². The van der Waals surface area contributed by atoms with Crippen molar-refractivity contribution in [3.05, 3.63) is 0 Å². The molecule has 0 nitrogen and oxygen atoms in total. The summed E-state index contributed by atoms with van der Waals surface area (Å²) in [6, 6.07) is 0. The second kappa shape index (κ2) is 2.70. The fourth-order valence-corrected chi connectivity index (χ4v) is 15.6. The second-order valence-electron chi connectivity index (χ2n) is 4.23. The van der Waals surface area contributed by atoms with Crippen LogP contribution >= 0.6 is 59.7 Å². The van der Waals surface area contributed by atoms with E-state index >= 15 is 0 Å². The van der Waals surface area contributed by atoms with Gasteiger partial charge in [0, 0.05) is 6.42 Å². The van der Waals surface area contributed by atoms with Gasteiger partial charge in [-0.25, -0.2) is 0 Å². The predicted molar refractivity (Wildman–Crippen MR) is 71.9 cm³/mol. The molecule has 4 rings (SSSR count). The summed E-state index contributed by atoms with van der Waals surface area (Å²) in [6.45, 7) is 4.80. The average molecular weight is 269 g/mol. The van der Waals surface area contributed by atoms with Gasteiger partial charge in [0.05, 0.1) is 12.7 Å². The molecule has 4 heterocycles. The van der Waals surface area contributed by atoms with Gasteiger partial charge in [-0.05, 0) is 20.3 Å². The maximum absolute atomic E-state index is 4.86. The van der Waals surface area contributed by atoms with Gasteiger partial charge in [0.2, 0.25) is 0 Å². The Labute approximate surface area is 102 Å². The van der Waals surface area contributed by atoms with Crippen LogP contribution in [0.1, 0.15) is 26.7 Å². The lowest BCUT2D eigenvalue weighted by Crippen LogP contribution is -2.51. The first kappa shape index (κ1) is 9.94. The molecule has 4 atom stereocenters. The van der Waals surface area contributed by atoms with E-state index in [4.69, 9.17) is 12.6 Å². The highest BCUT2D eigenvalue weighted by Crippen LogP contribution is 2.78. The van der Waals surface area contributed by atoms with Crippen molar-refractivity contribution in [3.63, 3.8) is 0 Å². The molecular formula is C8H12S5. The van der Waals surface area contributed by atoms with Gasteiger partial charge in [0.1, 0.15) is 3.41 Å². The number of rotatable bonds is 0. The number of thiol groups is 1. The number of thioether (sulfide) groups is 4. The van der Waals surface area contributed by atoms with E-state index in [-0.39, 0.29) is 3.41 Å². The summed E-state index contributed by atoms with van der Waals surface area (Å²) in [5, 5.41) is 0. The van der Waals surface area contributed by atoms with Gasteiger partial charge in [-0.1, -0.05) is 0 Å². The van der Waals surface area contributed by atoms with E-state index < -0.39 is 0 Å². The molecule has 0 spiro atoms. The molecule has 13 heavy (non-hydrogen) atoms. The molecule has 0 saturated carbocycles. The van der Waals surface area contributed by atoms with Crippen molar-refractivity contribution in [3.8, 4) is 0 Å². The van der Waals surface area contributed by atoms with Crippen LogP contribution in [0.2, 0.25) is 0 Å². The molecule has 4 bridgehead atoms. The zero-order valence-electron chi connectivity index (χ0n) is 7.57. The van der Waals surface area contributed by atoms with Crippen molar-refractivity contribution in [1.82, 2.24) is 0 Å². The third-order valence-electron chi connectivity index (χ3n) is 2.59. The monoisotopic (exact) mass is 268 g/mol. The lowest BCUT2D eigenvalue weighted by Gasteiger charge is -2.61. The van der Waals surface area contributed by atoms with Gasteiger partial charge in [0.15, 0.2) is 0 Å². The maximum atomic E-state index is 4.86. The summed E-state index contributed by atoms with van der Waals surface area (Å²) in [5.41, 5.74) is 0. The summed E-state index contributed by atoms with van der Waals surface area (Å²) in [5.74, 6) is 0. The van der Waals surface area contributed by atoms with Crippen molar-refractivity contribution in [1.29, 1.82) is 0 Å².